The lowest BCUT2D eigenvalue weighted by atomic mass is 10.2. The smallest absolute Gasteiger partial charge is 0.242 e. The Kier molecular flexibility index (Phi) is 7.63. The minimum absolute atomic E-state index is 0.117. The maximum atomic E-state index is 12.5. The van der Waals surface area contributed by atoms with E-state index >= 15 is 0 Å². The number of carbonyl (C=O) groups is 1. The number of nitrogens with zero attached hydrogens (tertiary/aromatic N) is 4. The van der Waals surface area contributed by atoms with Gasteiger partial charge in [0.05, 0.1) is 6.54 Å². The number of aromatic nitrogens is 2. The molecule has 1 saturated heterocycles. The van der Waals surface area contributed by atoms with Crippen LogP contribution in [0.5, 0.6) is 0 Å². The number of pyridine rings is 1. The molecule has 0 aliphatic carbocycles. The number of hydrogen-bond acceptors (Lipinski definition) is 8. The van der Waals surface area contributed by atoms with Gasteiger partial charge in [0.15, 0.2) is 5.82 Å². The van der Waals surface area contributed by atoms with Crippen LogP contribution in [-0.4, -0.2) is 68.1 Å². The van der Waals surface area contributed by atoms with Crippen molar-refractivity contribution in [3.05, 3.63) is 30.2 Å². The Morgan fingerprint density at radius 2 is 2.00 bits per heavy atom. The van der Waals surface area contributed by atoms with Crippen LogP contribution < -0.4 is 14.9 Å². The van der Waals surface area contributed by atoms with Gasteiger partial charge in [0.2, 0.25) is 15.9 Å². The van der Waals surface area contributed by atoms with E-state index in [0.29, 0.717) is 37.8 Å². The van der Waals surface area contributed by atoms with E-state index in [1.54, 1.807) is 25.1 Å². The zero-order valence-electron chi connectivity index (χ0n) is 18.2. The molecular weight excluding hydrogens is 420 g/mol. The van der Waals surface area contributed by atoms with E-state index in [1.807, 2.05) is 13.8 Å². The molecule has 2 aromatic heterocycles. The summed E-state index contributed by atoms with van der Waals surface area (Å²) < 4.78 is 32.5. The molecule has 3 heterocycles. The molecule has 0 saturated carbocycles. The summed E-state index contributed by atoms with van der Waals surface area (Å²) in [6.07, 6.45) is 3.09. The van der Waals surface area contributed by atoms with E-state index < -0.39 is 10.0 Å². The fourth-order valence-electron chi connectivity index (χ4n) is 3.49. The van der Waals surface area contributed by atoms with Crippen molar-refractivity contribution in [2.45, 2.75) is 44.6 Å². The minimum Gasteiger partial charge on any atom is -0.360 e. The maximum Gasteiger partial charge on any atom is 0.242 e. The van der Waals surface area contributed by atoms with Gasteiger partial charge >= 0.3 is 0 Å². The highest BCUT2D eigenvalue weighted by Gasteiger charge is 2.22. The first-order valence-electron chi connectivity index (χ1n) is 10.5. The number of nitrogens with one attached hydrogen (secondary N) is 2. The number of anilines is 2. The average molecular weight is 451 g/mol. The van der Waals surface area contributed by atoms with Crippen LogP contribution in [0.3, 0.4) is 0 Å². The largest absolute Gasteiger partial charge is 0.360 e. The first kappa shape index (κ1) is 23.2. The Balaban J connectivity index is 1.49. The molecule has 170 valence electrons. The van der Waals surface area contributed by atoms with Crippen molar-refractivity contribution in [1.82, 2.24) is 19.8 Å². The molecule has 3 rings (SSSR count). The van der Waals surface area contributed by atoms with E-state index in [0.717, 1.165) is 18.7 Å². The van der Waals surface area contributed by atoms with Crippen LogP contribution >= 0.6 is 0 Å². The number of hydrogen-bond donors (Lipinski definition) is 2. The summed E-state index contributed by atoms with van der Waals surface area (Å²) in [7, 11) is -3.57. The SMILES string of the molecule is CCCC(C)NS(=O)(=O)c1ccc(N2CCN(CC(=O)Nc3cc(C)on3)CC2)nc1. The number of piperazine rings is 1. The highest BCUT2D eigenvalue weighted by atomic mass is 32.2. The van der Waals surface area contributed by atoms with Crippen molar-refractivity contribution >= 4 is 27.6 Å². The van der Waals surface area contributed by atoms with Gasteiger partial charge in [-0.15, -0.1) is 0 Å². The second-order valence-corrected chi connectivity index (χ2v) is 9.51. The Morgan fingerprint density at radius 1 is 1.26 bits per heavy atom. The standard InChI is InChI=1S/C20H30N6O4S/c1-4-5-15(2)24-31(28,29)17-6-7-19(21-13-17)26-10-8-25(9-11-26)14-20(27)22-18-12-16(3)30-23-18/h6-7,12-13,15,24H,4-5,8-11,14H2,1-3H3,(H,22,23,27). The van der Waals surface area contributed by atoms with Gasteiger partial charge in [0, 0.05) is 44.5 Å². The van der Waals surface area contributed by atoms with Crippen LogP contribution in [-0.2, 0) is 14.8 Å². The molecule has 10 nitrogen and oxygen atoms in total. The lowest BCUT2D eigenvalue weighted by Gasteiger charge is -2.34. The summed E-state index contributed by atoms with van der Waals surface area (Å²) >= 11 is 0. The Labute approximate surface area is 183 Å². The molecule has 0 radical (unpaired) electrons. The second kappa shape index (κ2) is 10.2. The number of amides is 1. The fourth-order valence-corrected chi connectivity index (χ4v) is 4.71. The Hall–Kier alpha value is -2.50. The van der Waals surface area contributed by atoms with Crippen LogP contribution in [0.1, 0.15) is 32.4 Å². The molecule has 1 fully saturated rings. The first-order valence-corrected chi connectivity index (χ1v) is 11.9. The second-order valence-electron chi connectivity index (χ2n) is 7.80. The summed E-state index contributed by atoms with van der Waals surface area (Å²) in [5.41, 5.74) is 0. The number of rotatable bonds is 9. The molecule has 31 heavy (non-hydrogen) atoms. The maximum absolute atomic E-state index is 12.5. The van der Waals surface area contributed by atoms with Crippen molar-refractivity contribution in [2.24, 2.45) is 0 Å². The van der Waals surface area contributed by atoms with Gasteiger partial charge in [-0.3, -0.25) is 9.69 Å². The Morgan fingerprint density at radius 3 is 2.58 bits per heavy atom. The van der Waals surface area contributed by atoms with Gasteiger partial charge < -0.3 is 14.7 Å². The molecule has 0 spiro atoms. The number of carbonyl (C=O) groups excluding carboxylic acids is 1. The molecule has 2 N–H and O–H groups in total. The minimum atomic E-state index is -3.57. The van der Waals surface area contributed by atoms with Crippen LogP contribution in [0.4, 0.5) is 11.6 Å². The van der Waals surface area contributed by atoms with Crippen molar-refractivity contribution in [3.8, 4) is 0 Å². The third-order valence-electron chi connectivity index (χ3n) is 5.07. The summed E-state index contributed by atoms with van der Waals surface area (Å²) in [4.78, 5) is 20.8. The summed E-state index contributed by atoms with van der Waals surface area (Å²) in [6.45, 7) is 8.70. The molecule has 1 aliphatic rings. The van der Waals surface area contributed by atoms with Gasteiger partial charge in [-0.25, -0.2) is 18.1 Å². The molecular formula is C20H30N6O4S. The van der Waals surface area contributed by atoms with E-state index in [-0.39, 0.29) is 23.4 Å². The van der Waals surface area contributed by atoms with Crippen molar-refractivity contribution in [2.75, 3.05) is 42.9 Å². The summed E-state index contributed by atoms with van der Waals surface area (Å²) in [6, 6.07) is 4.87. The van der Waals surface area contributed by atoms with Gasteiger partial charge in [-0.05, 0) is 32.4 Å². The van der Waals surface area contributed by atoms with Gasteiger partial charge in [0.25, 0.3) is 0 Å². The number of aryl methyl sites for hydroxylation is 1. The van der Waals surface area contributed by atoms with Crippen LogP contribution in [0.2, 0.25) is 0 Å². The van der Waals surface area contributed by atoms with E-state index in [1.165, 1.54) is 6.20 Å². The highest BCUT2D eigenvalue weighted by molar-refractivity contribution is 7.89. The molecule has 1 aliphatic heterocycles. The highest BCUT2D eigenvalue weighted by Crippen LogP contribution is 2.17. The van der Waals surface area contributed by atoms with Crippen LogP contribution in [0.25, 0.3) is 0 Å². The van der Waals surface area contributed by atoms with Crippen molar-refractivity contribution < 1.29 is 17.7 Å². The summed E-state index contributed by atoms with van der Waals surface area (Å²) in [5, 5.41) is 6.48. The van der Waals surface area contributed by atoms with Crippen LogP contribution in [0, 0.1) is 6.92 Å². The molecule has 1 amide bonds. The molecule has 1 atom stereocenters. The first-order chi connectivity index (χ1) is 14.8. The predicted octanol–water partition coefficient (Wildman–Crippen LogP) is 1.61. The average Bonchev–Trinajstić information content (AvgIpc) is 3.13. The van der Waals surface area contributed by atoms with Crippen LogP contribution in [0.15, 0.2) is 33.8 Å². The normalized spacial score (nSPS) is 16.3. The van der Waals surface area contributed by atoms with E-state index in [9.17, 15) is 13.2 Å². The monoisotopic (exact) mass is 450 g/mol. The third kappa shape index (κ3) is 6.49. The van der Waals surface area contributed by atoms with Crippen molar-refractivity contribution in [3.63, 3.8) is 0 Å². The van der Waals surface area contributed by atoms with Crippen molar-refractivity contribution in [1.29, 1.82) is 0 Å². The number of sulfonamides is 1. The zero-order valence-corrected chi connectivity index (χ0v) is 19.0. The van der Waals surface area contributed by atoms with E-state index in [4.69, 9.17) is 4.52 Å². The lowest BCUT2D eigenvalue weighted by Crippen LogP contribution is -2.49. The molecule has 1 unspecified atom stereocenters. The third-order valence-corrected chi connectivity index (χ3v) is 6.64. The lowest BCUT2D eigenvalue weighted by molar-refractivity contribution is -0.117. The molecule has 0 aromatic carbocycles. The quantitative estimate of drug-likeness (QED) is 0.591. The molecule has 2 aromatic rings. The van der Waals surface area contributed by atoms with E-state index in [2.05, 4.69) is 30.0 Å². The molecule has 11 heteroatoms. The fraction of sp³-hybridized carbons (Fsp3) is 0.550. The summed E-state index contributed by atoms with van der Waals surface area (Å²) in [5.74, 6) is 1.64. The van der Waals surface area contributed by atoms with Gasteiger partial charge in [0.1, 0.15) is 16.5 Å². The van der Waals surface area contributed by atoms with Gasteiger partial charge in [-0.2, -0.15) is 0 Å². The zero-order chi connectivity index (χ0) is 22.4. The Bertz CT molecular complexity index is 968. The molecule has 0 bridgehead atoms. The topological polar surface area (TPSA) is 121 Å². The predicted molar refractivity (Wildman–Crippen MR) is 117 cm³/mol. The van der Waals surface area contributed by atoms with Gasteiger partial charge in [-0.1, -0.05) is 18.5 Å².